The van der Waals surface area contributed by atoms with Gasteiger partial charge in [-0.1, -0.05) is 12.1 Å². The fourth-order valence-electron chi connectivity index (χ4n) is 2.04. The second-order valence-corrected chi connectivity index (χ2v) is 4.70. The lowest BCUT2D eigenvalue weighted by atomic mass is 10.0. The minimum absolute atomic E-state index is 0.0291. The van der Waals surface area contributed by atoms with Crippen molar-refractivity contribution in [1.82, 2.24) is 0 Å². The van der Waals surface area contributed by atoms with Crippen LogP contribution >= 0.6 is 0 Å². The van der Waals surface area contributed by atoms with E-state index < -0.39 is 5.97 Å². The Bertz CT molecular complexity index is 501. The molecule has 5 heteroatoms. The van der Waals surface area contributed by atoms with Gasteiger partial charge in [0.1, 0.15) is 0 Å². The molecule has 5 nitrogen and oxygen atoms in total. The molecule has 0 bridgehead atoms. The van der Waals surface area contributed by atoms with Gasteiger partial charge in [0, 0.05) is 18.4 Å². The molecule has 20 heavy (non-hydrogen) atoms. The molecule has 2 rings (SSSR count). The van der Waals surface area contributed by atoms with Crippen LogP contribution in [-0.2, 0) is 14.3 Å². The third-order valence-electron chi connectivity index (χ3n) is 3.13. The van der Waals surface area contributed by atoms with Crippen LogP contribution in [0.1, 0.15) is 18.4 Å². The van der Waals surface area contributed by atoms with Gasteiger partial charge in [0.2, 0.25) is 5.91 Å². The van der Waals surface area contributed by atoms with Crippen molar-refractivity contribution < 1.29 is 19.4 Å². The SMILES string of the molecule is O=C(O)C=Cc1ccc(NC(=O)C2CCCOC2)cc1. The summed E-state index contributed by atoms with van der Waals surface area (Å²) in [6.45, 7) is 1.21. The smallest absolute Gasteiger partial charge is 0.328 e. The number of carbonyl (C=O) groups excluding carboxylic acids is 1. The molecule has 0 saturated carbocycles. The van der Waals surface area contributed by atoms with Crippen molar-refractivity contribution in [3.05, 3.63) is 35.9 Å². The molecular weight excluding hydrogens is 258 g/mol. The van der Waals surface area contributed by atoms with Crippen LogP contribution in [0, 0.1) is 5.92 Å². The van der Waals surface area contributed by atoms with Gasteiger partial charge in [-0.05, 0) is 36.6 Å². The number of anilines is 1. The summed E-state index contributed by atoms with van der Waals surface area (Å²) in [5.74, 6) is -1.10. The quantitative estimate of drug-likeness (QED) is 0.826. The molecule has 1 saturated heterocycles. The maximum absolute atomic E-state index is 12.0. The minimum atomic E-state index is -0.986. The summed E-state index contributed by atoms with van der Waals surface area (Å²) < 4.78 is 5.29. The monoisotopic (exact) mass is 275 g/mol. The first-order chi connectivity index (χ1) is 9.65. The molecular formula is C15H17NO4. The zero-order chi connectivity index (χ0) is 14.4. The Hall–Kier alpha value is -2.14. The molecule has 0 aromatic heterocycles. The van der Waals surface area contributed by atoms with E-state index in [9.17, 15) is 9.59 Å². The first kappa shape index (κ1) is 14.3. The predicted octanol–water partition coefficient (Wildman–Crippen LogP) is 2.15. The van der Waals surface area contributed by atoms with Crippen LogP contribution in [-0.4, -0.2) is 30.2 Å². The number of hydrogen-bond acceptors (Lipinski definition) is 3. The average molecular weight is 275 g/mol. The number of hydrogen-bond donors (Lipinski definition) is 2. The Morgan fingerprint density at radius 1 is 1.30 bits per heavy atom. The highest BCUT2D eigenvalue weighted by atomic mass is 16.5. The van der Waals surface area contributed by atoms with Crippen molar-refractivity contribution in [2.24, 2.45) is 5.92 Å². The van der Waals surface area contributed by atoms with Crippen LogP contribution in [0.4, 0.5) is 5.69 Å². The summed E-state index contributed by atoms with van der Waals surface area (Å²) in [5, 5.41) is 11.4. The van der Waals surface area contributed by atoms with Crippen LogP contribution in [0.5, 0.6) is 0 Å². The largest absolute Gasteiger partial charge is 0.478 e. The number of carboxylic acid groups (broad SMARTS) is 1. The van der Waals surface area contributed by atoms with E-state index in [0.29, 0.717) is 12.3 Å². The standard InChI is InChI=1S/C15H17NO4/c17-14(18)8-5-11-3-6-13(7-4-11)16-15(19)12-2-1-9-20-10-12/h3-8,12H,1-2,9-10H2,(H,16,19)(H,17,18). The molecule has 1 aliphatic rings. The maximum Gasteiger partial charge on any atom is 0.328 e. The molecule has 0 radical (unpaired) electrons. The van der Waals surface area contributed by atoms with Crippen molar-refractivity contribution in [1.29, 1.82) is 0 Å². The molecule has 1 heterocycles. The van der Waals surface area contributed by atoms with Crippen LogP contribution < -0.4 is 5.32 Å². The van der Waals surface area contributed by atoms with E-state index in [1.807, 2.05) is 0 Å². The number of nitrogens with one attached hydrogen (secondary N) is 1. The summed E-state index contributed by atoms with van der Waals surface area (Å²) >= 11 is 0. The van der Waals surface area contributed by atoms with Gasteiger partial charge in [-0.25, -0.2) is 4.79 Å². The Kier molecular flexibility index (Phi) is 4.90. The normalized spacial score (nSPS) is 18.9. The lowest BCUT2D eigenvalue weighted by Gasteiger charge is -2.21. The number of amides is 1. The Morgan fingerprint density at radius 2 is 2.05 bits per heavy atom. The minimum Gasteiger partial charge on any atom is -0.478 e. The van der Waals surface area contributed by atoms with Crippen LogP contribution in [0.2, 0.25) is 0 Å². The van der Waals surface area contributed by atoms with Gasteiger partial charge in [-0.2, -0.15) is 0 Å². The lowest BCUT2D eigenvalue weighted by molar-refractivity contribution is -0.131. The third kappa shape index (κ3) is 4.20. The molecule has 1 amide bonds. The summed E-state index contributed by atoms with van der Waals surface area (Å²) in [4.78, 5) is 22.4. The fourth-order valence-corrected chi connectivity index (χ4v) is 2.04. The van der Waals surface area contributed by atoms with Gasteiger partial charge in [0.05, 0.1) is 12.5 Å². The zero-order valence-corrected chi connectivity index (χ0v) is 11.0. The number of carboxylic acids is 1. The zero-order valence-electron chi connectivity index (χ0n) is 11.0. The summed E-state index contributed by atoms with van der Waals surface area (Å²) in [7, 11) is 0. The molecule has 1 aliphatic heterocycles. The first-order valence-electron chi connectivity index (χ1n) is 6.55. The molecule has 1 atom stereocenters. The van der Waals surface area contributed by atoms with Crippen molar-refractivity contribution in [3.8, 4) is 0 Å². The van der Waals surface area contributed by atoms with Crippen LogP contribution in [0.15, 0.2) is 30.3 Å². The van der Waals surface area contributed by atoms with Gasteiger partial charge >= 0.3 is 5.97 Å². The lowest BCUT2D eigenvalue weighted by Crippen LogP contribution is -2.30. The van der Waals surface area contributed by atoms with E-state index >= 15 is 0 Å². The number of ether oxygens (including phenoxy) is 1. The van der Waals surface area contributed by atoms with E-state index in [0.717, 1.165) is 31.1 Å². The second kappa shape index (κ2) is 6.86. The van der Waals surface area contributed by atoms with Gasteiger partial charge in [0.15, 0.2) is 0 Å². The van der Waals surface area contributed by atoms with E-state index in [1.165, 1.54) is 6.08 Å². The maximum atomic E-state index is 12.0. The highest BCUT2D eigenvalue weighted by molar-refractivity contribution is 5.93. The number of benzene rings is 1. The molecule has 1 aromatic carbocycles. The molecule has 106 valence electrons. The number of aliphatic carboxylic acids is 1. The molecule has 0 spiro atoms. The number of rotatable bonds is 4. The predicted molar refractivity (Wildman–Crippen MR) is 75.3 cm³/mol. The van der Waals surface area contributed by atoms with E-state index in [-0.39, 0.29) is 11.8 Å². The van der Waals surface area contributed by atoms with Crippen LogP contribution in [0.25, 0.3) is 6.08 Å². The highest BCUT2D eigenvalue weighted by Crippen LogP contribution is 2.17. The topological polar surface area (TPSA) is 75.6 Å². The average Bonchev–Trinajstić information content (AvgIpc) is 2.47. The van der Waals surface area contributed by atoms with E-state index in [2.05, 4.69) is 5.32 Å². The highest BCUT2D eigenvalue weighted by Gasteiger charge is 2.21. The van der Waals surface area contributed by atoms with Crippen molar-refractivity contribution in [2.75, 3.05) is 18.5 Å². The summed E-state index contributed by atoms with van der Waals surface area (Å²) in [6.07, 6.45) is 4.35. The third-order valence-corrected chi connectivity index (χ3v) is 3.13. The molecule has 1 aromatic rings. The Balaban J connectivity index is 1.92. The Morgan fingerprint density at radius 3 is 2.65 bits per heavy atom. The van der Waals surface area contributed by atoms with Crippen LogP contribution in [0.3, 0.4) is 0 Å². The molecule has 2 N–H and O–H groups in total. The summed E-state index contributed by atoms with van der Waals surface area (Å²) in [5.41, 5.74) is 1.47. The van der Waals surface area contributed by atoms with Gasteiger partial charge in [-0.3, -0.25) is 4.79 Å². The second-order valence-electron chi connectivity index (χ2n) is 4.70. The van der Waals surface area contributed by atoms with Crippen molar-refractivity contribution >= 4 is 23.6 Å². The molecule has 1 fully saturated rings. The Labute approximate surface area is 117 Å². The van der Waals surface area contributed by atoms with Gasteiger partial charge < -0.3 is 15.2 Å². The van der Waals surface area contributed by atoms with Crippen molar-refractivity contribution in [2.45, 2.75) is 12.8 Å². The molecule has 0 aliphatic carbocycles. The van der Waals surface area contributed by atoms with Gasteiger partial charge in [-0.15, -0.1) is 0 Å². The van der Waals surface area contributed by atoms with Crippen molar-refractivity contribution in [3.63, 3.8) is 0 Å². The fraction of sp³-hybridized carbons (Fsp3) is 0.333. The summed E-state index contributed by atoms with van der Waals surface area (Å²) in [6, 6.07) is 7.02. The molecule has 1 unspecified atom stereocenters. The van der Waals surface area contributed by atoms with Gasteiger partial charge in [0.25, 0.3) is 0 Å². The van der Waals surface area contributed by atoms with E-state index in [1.54, 1.807) is 24.3 Å². The van der Waals surface area contributed by atoms with E-state index in [4.69, 9.17) is 9.84 Å². The first-order valence-corrected chi connectivity index (χ1v) is 6.55. The number of carbonyl (C=O) groups is 2.